The molecule has 1 N–H and O–H groups in total. The van der Waals surface area contributed by atoms with Crippen LogP contribution in [-0.2, 0) is 14.3 Å². The van der Waals surface area contributed by atoms with Gasteiger partial charge < -0.3 is 24.4 Å². The summed E-state index contributed by atoms with van der Waals surface area (Å²) in [4.78, 5) is 25.9. The van der Waals surface area contributed by atoms with Gasteiger partial charge in [0.25, 0.3) is 0 Å². The summed E-state index contributed by atoms with van der Waals surface area (Å²) in [5, 5.41) is 2.69. The third-order valence-electron chi connectivity index (χ3n) is 3.88. The number of carbonyl (C=O) groups excluding carboxylic acids is 2. The molecular weight excluding hydrogens is 312 g/mol. The summed E-state index contributed by atoms with van der Waals surface area (Å²) in [6.07, 6.45) is 3.07. The molecule has 2 aliphatic heterocycles. The van der Waals surface area contributed by atoms with Crippen molar-refractivity contribution in [2.45, 2.75) is 13.0 Å². The van der Waals surface area contributed by atoms with Crippen LogP contribution in [0.4, 0.5) is 0 Å². The molecule has 0 aromatic heterocycles. The molecule has 3 rings (SSSR count). The summed E-state index contributed by atoms with van der Waals surface area (Å²) in [7, 11) is 0. The van der Waals surface area contributed by atoms with Gasteiger partial charge in [-0.15, -0.1) is 0 Å². The first-order valence-electron chi connectivity index (χ1n) is 7.88. The summed E-state index contributed by atoms with van der Waals surface area (Å²) in [6, 6.07) is 4.86. The Morgan fingerprint density at radius 3 is 2.75 bits per heavy atom. The summed E-state index contributed by atoms with van der Waals surface area (Å²) in [5.41, 5.74) is 0.821. The van der Waals surface area contributed by atoms with Crippen LogP contribution in [0.3, 0.4) is 0 Å². The molecule has 0 radical (unpaired) electrons. The van der Waals surface area contributed by atoms with Gasteiger partial charge in [-0.3, -0.25) is 9.59 Å². The summed E-state index contributed by atoms with van der Waals surface area (Å²) in [5.74, 6) is 0.944. The smallest absolute Gasteiger partial charge is 0.245 e. The van der Waals surface area contributed by atoms with Crippen LogP contribution in [0.15, 0.2) is 24.3 Å². The zero-order valence-electron chi connectivity index (χ0n) is 13.5. The van der Waals surface area contributed by atoms with Gasteiger partial charge in [-0.2, -0.15) is 0 Å². The monoisotopic (exact) mass is 332 g/mol. The molecule has 1 atom stereocenters. The molecule has 7 heteroatoms. The first-order chi connectivity index (χ1) is 11.6. The van der Waals surface area contributed by atoms with Crippen molar-refractivity contribution in [3.8, 4) is 11.5 Å². The zero-order chi connectivity index (χ0) is 16.9. The molecule has 2 heterocycles. The molecule has 1 saturated heterocycles. The van der Waals surface area contributed by atoms with Gasteiger partial charge in [0.1, 0.15) is 6.04 Å². The third kappa shape index (κ3) is 3.86. The Bertz CT molecular complexity index is 652. The van der Waals surface area contributed by atoms with Crippen molar-refractivity contribution in [1.29, 1.82) is 0 Å². The topological polar surface area (TPSA) is 77.1 Å². The molecule has 128 valence electrons. The maximum atomic E-state index is 12.2. The third-order valence-corrected chi connectivity index (χ3v) is 3.88. The van der Waals surface area contributed by atoms with Gasteiger partial charge in [-0.1, -0.05) is 6.07 Å². The van der Waals surface area contributed by atoms with Gasteiger partial charge in [0.15, 0.2) is 11.5 Å². The molecule has 7 nitrogen and oxygen atoms in total. The maximum absolute atomic E-state index is 12.2. The number of nitrogens with one attached hydrogen (secondary N) is 1. The minimum absolute atomic E-state index is 0.0943. The highest BCUT2D eigenvalue weighted by Crippen LogP contribution is 2.32. The second-order valence-electron chi connectivity index (χ2n) is 5.61. The number of fused-ring (bicyclic) bond motifs is 1. The molecule has 0 saturated carbocycles. The minimum atomic E-state index is -0.572. The van der Waals surface area contributed by atoms with Crippen molar-refractivity contribution < 1.29 is 23.8 Å². The molecule has 1 aromatic carbocycles. The molecular formula is C17H20N2O5. The maximum Gasteiger partial charge on any atom is 0.245 e. The molecule has 0 spiro atoms. The lowest BCUT2D eigenvalue weighted by Gasteiger charge is -2.29. The van der Waals surface area contributed by atoms with Crippen molar-refractivity contribution in [3.63, 3.8) is 0 Å². The van der Waals surface area contributed by atoms with E-state index in [2.05, 4.69) is 5.32 Å². The van der Waals surface area contributed by atoms with E-state index >= 15 is 0 Å². The van der Waals surface area contributed by atoms with Crippen LogP contribution in [0.25, 0.3) is 6.08 Å². The average molecular weight is 332 g/mol. The fraction of sp³-hybridized carbons (Fsp3) is 0.412. The number of carbonyl (C=O) groups is 2. The summed E-state index contributed by atoms with van der Waals surface area (Å²) in [6.45, 7) is 4.10. The first-order valence-corrected chi connectivity index (χ1v) is 7.88. The number of nitrogens with zero attached hydrogens (tertiary/aromatic N) is 1. The molecule has 0 aliphatic carbocycles. The zero-order valence-corrected chi connectivity index (χ0v) is 13.5. The standard InChI is InChI=1S/C17H20N2O5/c1-12(17(21)19-6-8-22-9-7-19)18-16(20)5-3-13-2-4-14-15(10-13)24-11-23-14/h2-5,10,12H,6-9,11H2,1H3,(H,18,20)/b5-3+. The van der Waals surface area contributed by atoms with Crippen LogP contribution >= 0.6 is 0 Å². The van der Waals surface area contributed by atoms with Crippen molar-refractivity contribution in [1.82, 2.24) is 10.2 Å². The lowest BCUT2D eigenvalue weighted by atomic mass is 10.2. The predicted molar refractivity (Wildman–Crippen MR) is 86.6 cm³/mol. The molecule has 1 aromatic rings. The van der Waals surface area contributed by atoms with Crippen molar-refractivity contribution in [3.05, 3.63) is 29.8 Å². The Balaban J connectivity index is 1.53. The minimum Gasteiger partial charge on any atom is -0.454 e. The highest BCUT2D eigenvalue weighted by molar-refractivity contribution is 5.95. The number of benzene rings is 1. The fourth-order valence-corrected chi connectivity index (χ4v) is 2.57. The normalized spacial score (nSPS) is 17.8. The number of rotatable bonds is 4. The highest BCUT2D eigenvalue weighted by Gasteiger charge is 2.23. The molecule has 1 unspecified atom stereocenters. The van der Waals surface area contributed by atoms with E-state index in [1.165, 1.54) is 6.08 Å². The van der Waals surface area contributed by atoms with Crippen LogP contribution in [0, 0.1) is 0 Å². The van der Waals surface area contributed by atoms with Gasteiger partial charge in [-0.05, 0) is 30.7 Å². The number of amides is 2. The van der Waals surface area contributed by atoms with E-state index in [0.29, 0.717) is 37.8 Å². The molecule has 1 fully saturated rings. The van der Waals surface area contributed by atoms with E-state index in [0.717, 1.165) is 5.56 Å². The summed E-state index contributed by atoms with van der Waals surface area (Å²) >= 11 is 0. The van der Waals surface area contributed by atoms with E-state index in [1.807, 2.05) is 6.07 Å². The Morgan fingerprint density at radius 2 is 1.96 bits per heavy atom. The average Bonchev–Trinajstić information content (AvgIpc) is 3.07. The van der Waals surface area contributed by atoms with Crippen molar-refractivity contribution >= 4 is 17.9 Å². The van der Waals surface area contributed by atoms with Crippen LogP contribution in [0.5, 0.6) is 11.5 Å². The number of hydrogen-bond donors (Lipinski definition) is 1. The van der Waals surface area contributed by atoms with Crippen LogP contribution in [0.2, 0.25) is 0 Å². The SMILES string of the molecule is CC(NC(=O)/C=C/c1ccc2c(c1)OCO2)C(=O)N1CCOCC1. The second-order valence-corrected chi connectivity index (χ2v) is 5.61. The van der Waals surface area contributed by atoms with Crippen LogP contribution < -0.4 is 14.8 Å². The Kier molecular flexibility index (Phi) is 5.00. The van der Waals surface area contributed by atoms with Crippen molar-refractivity contribution in [2.75, 3.05) is 33.1 Å². The number of hydrogen-bond acceptors (Lipinski definition) is 5. The van der Waals surface area contributed by atoms with Gasteiger partial charge in [0, 0.05) is 19.2 Å². The van der Waals surface area contributed by atoms with E-state index in [-0.39, 0.29) is 18.6 Å². The Labute approximate surface area is 140 Å². The second kappa shape index (κ2) is 7.35. The first kappa shape index (κ1) is 16.3. The van der Waals surface area contributed by atoms with E-state index in [1.54, 1.807) is 30.0 Å². The predicted octanol–water partition coefficient (Wildman–Crippen LogP) is 0.792. The fourth-order valence-electron chi connectivity index (χ4n) is 2.57. The quantitative estimate of drug-likeness (QED) is 0.825. The number of morpholine rings is 1. The lowest BCUT2D eigenvalue weighted by Crippen LogP contribution is -2.50. The van der Waals surface area contributed by atoms with Gasteiger partial charge in [-0.25, -0.2) is 0 Å². The number of ether oxygens (including phenoxy) is 3. The molecule has 2 aliphatic rings. The lowest BCUT2D eigenvalue weighted by molar-refractivity contribution is -0.138. The summed E-state index contributed by atoms with van der Waals surface area (Å²) < 4.78 is 15.7. The van der Waals surface area contributed by atoms with Gasteiger partial charge >= 0.3 is 0 Å². The highest BCUT2D eigenvalue weighted by atomic mass is 16.7. The van der Waals surface area contributed by atoms with Crippen LogP contribution in [-0.4, -0.2) is 55.9 Å². The van der Waals surface area contributed by atoms with Gasteiger partial charge in [0.2, 0.25) is 18.6 Å². The van der Waals surface area contributed by atoms with E-state index in [4.69, 9.17) is 14.2 Å². The van der Waals surface area contributed by atoms with Crippen LogP contribution in [0.1, 0.15) is 12.5 Å². The van der Waals surface area contributed by atoms with Crippen molar-refractivity contribution in [2.24, 2.45) is 0 Å². The Morgan fingerprint density at radius 1 is 1.21 bits per heavy atom. The molecule has 24 heavy (non-hydrogen) atoms. The molecule has 0 bridgehead atoms. The van der Waals surface area contributed by atoms with E-state index < -0.39 is 6.04 Å². The van der Waals surface area contributed by atoms with Gasteiger partial charge in [0.05, 0.1) is 13.2 Å². The van der Waals surface area contributed by atoms with E-state index in [9.17, 15) is 9.59 Å². The molecule has 2 amide bonds. The largest absolute Gasteiger partial charge is 0.454 e. The Hall–Kier alpha value is -2.54.